The molecule has 0 aliphatic carbocycles. The Morgan fingerprint density at radius 1 is 0.875 bits per heavy atom. The van der Waals surface area contributed by atoms with Crippen LogP contribution < -0.4 is 10.7 Å². The van der Waals surface area contributed by atoms with Gasteiger partial charge in [-0.1, -0.05) is 95.0 Å². The molecular formula is C27H35N3O2. The average molecular weight is 434 g/mol. The number of hydrogen-bond donors (Lipinski definition) is 2. The molecule has 5 nitrogen and oxygen atoms in total. The molecule has 2 aromatic carbocycles. The molecule has 5 heteroatoms. The summed E-state index contributed by atoms with van der Waals surface area (Å²) in [6.45, 7) is 2.26. The number of aryl methyl sites for hydroxylation is 1. The number of hydrazone groups is 1. The van der Waals surface area contributed by atoms with Gasteiger partial charge in [-0.15, -0.1) is 0 Å². The zero-order valence-electron chi connectivity index (χ0n) is 19.2. The summed E-state index contributed by atoms with van der Waals surface area (Å²) in [5.41, 5.74) is 5.96. The molecular weight excluding hydrogens is 398 g/mol. The van der Waals surface area contributed by atoms with Gasteiger partial charge < -0.3 is 5.32 Å². The van der Waals surface area contributed by atoms with Crippen LogP contribution in [0.4, 0.5) is 5.69 Å². The second-order valence-corrected chi connectivity index (χ2v) is 8.53. The Hall–Kier alpha value is -2.95. The van der Waals surface area contributed by atoms with E-state index in [9.17, 15) is 9.59 Å². The smallest absolute Gasteiger partial charge is 0.276 e. The summed E-state index contributed by atoms with van der Waals surface area (Å²) >= 11 is 0. The highest BCUT2D eigenvalue weighted by Crippen LogP contribution is 2.25. The van der Waals surface area contributed by atoms with Crippen molar-refractivity contribution in [2.24, 2.45) is 5.10 Å². The molecule has 0 radical (unpaired) electrons. The molecule has 2 aromatic rings. The summed E-state index contributed by atoms with van der Waals surface area (Å²) in [6.07, 6.45) is 14.2. The van der Waals surface area contributed by atoms with Crippen LogP contribution in [0.5, 0.6) is 0 Å². The molecule has 0 unspecified atom stereocenters. The van der Waals surface area contributed by atoms with Gasteiger partial charge in [0.25, 0.3) is 11.8 Å². The van der Waals surface area contributed by atoms with Crippen LogP contribution in [0.3, 0.4) is 0 Å². The maximum atomic E-state index is 12.3. The lowest BCUT2D eigenvalue weighted by molar-refractivity contribution is -0.110. The van der Waals surface area contributed by atoms with Gasteiger partial charge >= 0.3 is 0 Å². The molecule has 1 heterocycles. The average Bonchev–Trinajstić information content (AvgIpc) is 3.13. The molecule has 1 aliphatic rings. The number of nitrogens with zero attached hydrogens (tertiary/aromatic N) is 1. The lowest BCUT2D eigenvalue weighted by Crippen LogP contribution is -2.23. The molecule has 0 bridgehead atoms. The number of hydrogen-bond acceptors (Lipinski definition) is 3. The molecule has 32 heavy (non-hydrogen) atoms. The SMILES string of the molecule is CCCCCCCCCCCCc1ccc2c(c1)NC(=O)/C2=N\NC(=O)c1ccccc1. The Kier molecular flexibility index (Phi) is 9.48. The summed E-state index contributed by atoms with van der Waals surface area (Å²) in [7, 11) is 0. The Morgan fingerprint density at radius 3 is 2.22 bits per heavy atom. The van der Waals surface area contributed by atoms with E-state index in [1.807, 2.05) is 18.2 Å². The van der Waals surface area contributed by atoms with Crippen LogP contribution >= 0.6 is 0 Å². The second kappa shape index (κ2) is 12.8. The number of carbonyl (C=O) groups excluding carboxylic acids is 2. The third-order valence-corrected chi connectivity index (χ3v) is 5.93. The maximum absolute atomic E-state index is 12.3. The minimum absolute atomic E-state index is 0.245. The molecule has 0 aromatic heterocycles. The largest absolute Gasteiger partial charge is 0.320 e. The molecule has 0 saturated heterocycles. The zero-order valence-corrected chi connectivity index (χ0v) is 19.2. The first-order chi connectivity index (χ1) is 15.7. The Balaban J connectivity index is 1.43. The van der Waals surface area contributed by atoms with Crippen LogP contribution in [0.15, 0.2) is 53.6 Å². The first-order valence-corrected chi connectivity index (χ1v) is 12.1. The monoisotopic (exact) mass is 433 g/mol. The van der Waals surface area contributed by atoms with Crippen molar-refractivity contribution in [3.8, 4) is 0 Å². The van der Waals surface area contributed by atoms with Gasteiger partial charge in [0.2, 0.25) is 0 Å². The lowest BCUT2D eigenvalue weighted by Gasteiger charge is -2.05. The van der Waals surface area contributed by atoms with E-state index in [1.54, 1.807) is 24.3 Å². The van der Waals surface area contributed by atoms with Crippen LogP contribution in [-0.4, -0.2) is 17.5 Å². The number of carbonyl (C=O) groups is 2. The number of anilines is 1. The van der Waals surface area contributed by atoms with Crippen molar-refractivity contribution in [2.75, 3.05) is 5.32 Å². The number of benzene rings is 2. The van der Waals surface area contributed by atoms with Gasteiger partial charge in [-0.2, -0.15) is 5.10 Å². The van der Waals surface area contributed by atoms with E-state index >= 15 is 0 Å². The third kappa shape index (κ3) is 7.04. The first kappa shape index (κ1) is 23.7. The van der Waals surface area contributed by atoms with E-state index < -0.39 is 0 Å². The van der Waals surface area contributed by atoms with E-state index in [0.717, 1.165) is 24.1 Å². The Morgan fingerprint density at radius 2 is 1.53 bits per heavy atom. The molecule has 1 aliphatic heterocycles. The first-order valence-electron chi connectivity index (χ1n) is 12.1. The van der Waals surface area contributed by atoms with Gasteiger partial charge in [0.15, 0.2) is 5.71 Å². The summed E-state index contributed by atoms with van der Waals surface area (Å²) in [5, 5.41) is 6.95. The van der Waals surface area contributed by atoms with Gasteiger partial charge in [-0.3, -0.25) is 9.59 Å². The summed E-state index contributed by atoms with van der Waals surface area (Å²) in [5.74, 6) is -0.624. The molecule has 3 rings (SSSR count). The fraction of sp³-hybridized carbons (Fsp3) is 0.444. The topological polar surface area (TPSA) is 70.6 Å². The minimum Gasteiger partial charge on any atom is -0.320 e. The fourth-order valence-electron chi connectivity index (χ4n) is 4.05. The lowest BCUT2D eigenvalue weighted by atomic mass is 10.0. The van der Waals surface area contributed by atoms with Crippen LogP contribution in [0.2, 0.25) is 0 Å². The summed E-state index contributed by atoms with van der Waals surface area (Å²) in [4.78, 5) is 24.5. The standard InChI is InChI=1S/C27H35N3O2/c1-2-3-4-5-6-7-8-9-10-12-15-21-18-19-23-24(20-21)28-27(32)25(23)29-30-26(31)22-16-13-11-14-17-22/h11,13-14,16-20H,2-10,12,15H2,1H3,(H,30,31)(H,28,29,32). The van der Waals surface area contributed by atoms with Crippen molar-refractivity contribution in [1.29, 1.82) is 0 Å². The number of fused-ring (bicyclic) bond motifs is 1. The highest BCUT2D eigenvalue weighted by atomic mass is 16.2. The molecule has 0 spiro atoms. The van der Waals surface area contributed by atoms with Crippen LogP contribution in [0.25, 0.3) is 0 Å². The number of nitrogens with one attached hydrogen (secondary N) is 2. The Bertz CT molecular complexity index is 922. The van der Waals surface area contributed by atoms with E-state index in [0.29, 0.717) is 5.56 Å². The van der Waals surface area contributed by atoms with Crippen LogP contribution in [0.1, 0.15) is 92.6 Å². The van der Waals surface area contributed by atoms with Crippen LogP contribution in [-0.2, 0) is 11.2 Å². The molecule has 0 atom stereocenters. The molecule has 170 valence electrons. The highest BCUT2D eigenvalue weighted by Gasteiger charge is 2.26. The van der Waals surface area contributed by atoms with E-state index in [1.165, 1.54) is 63.4 Å². The second-order valence-electron chi connectivity index (χ2n) is 8.53. The number of amides is 2. The van der Waals surface area contributed by atoms with Crippen molar-refractivity contribution in [3.63, 3.8) is 0 Å². The van der Waals surface area contributed by atoms with Crippen molar-refractivity contribution in [3.05, 3.63) is 65.2 Å². The normalized spacial score (nSPS) is 13.8. The molecule has 2 N–H and O–H groups in total. The van der Waals surface area contributed by atoms with E-state index in [4.69, 9.17) is 0 Å². The van der Waals surface area contributed by atoms with Gasteiger partial charge in [-0.25, -0.2) is 5.43 Å². The predicted octanol–water partition coefficient (Wildman–Crippen LogP) is 6.24. The highest BCUT2D eigenvalue weighted by molar-refractivity contribution is 6.53. The number of rotatable bonds is 13. The van der Waals surface area contributed by atoms with Gasteiger partial charge in [0.05, 0.1) is 5.69 Å². The number of unbranched alkanes of at least 4 members (excludes halogenated alkanes) is 9. The third-order valence-electron chi connectivity index (χ3n) is 5.93. The van der Waals surface area contributed by atoms with Gasteiger partial charge in [0, 0.05) is 11.1 Å². The maximum Gasteiger partial charge on any atom is 0.276 e. The predicted molar refractivity (Wildman–Crippen MR) is 131 cm³/mol. The molecule has 0 saturated carbocycles. The summed E-state index contributed by atoms with van der Waals surface area (Å²) < 4.78 is 0. The Labute approximate surface area is 191 Å². The molecule has 0 fully saturated rings. The van der Waals surface area contributed by atoms with Crippen molar-refractivity contribution in [1.82, 2.24) is 5.43 Å². The quantitative estimate of drug-likeness (QED) is 0.290. The molecule has 2 amide bonds. The van der Waals surface area contributed by atoms with Gasteiger partial charge in [0.1, 0.15) is 0 Å². The minimum atomic E-state index is -0.336. The van der Waals surface area contributed by atoms with Crippen molar-refractivity contribution >= 4 is 23.2 Å². The van der Waals surface area contributed by atoms with Gasteiger partial charge in [-0.05, 0) is 36.6 Å². The van der Waals surface area contributed by atoms with Crippen molar-refractivity contribution < 1.29 is 9.59 Å². The fourth-order valence-corrected chi connectivity index (χ4v) is 4.05. The zero-order chi connectivity index (χ0) is 22.6. The van der Waals surface area contributed by atoms with Crippen molar-refractivity contribution in [2.45, 2.75) is 77.6 Å². The van der Waals surface area contributed by atoms with E-state index in [2.05, 4.69) is 28.8 Å². The summed E-state index contributed by atoms with van der Waals surface area (Å²) in [6, 6.07) is 14.8. The van der Waals surface area contributed by atoms with E-state index in [-0.39, 0.29) is 17.5 Å². The van der Waals surface area contributed by atoms with Crippen LogP contribution in [0, 0.1) is 0 Å².